The van der Waals surface area contributed by atoms with E-state index in [1.165, 1.54) is 17.3 Å². The molecular weight excluding hydrogens is 444 g/mol. The molecule has 2 aromatic rings. The number of hydrogen-bond donors (Lipinski definition) is 5. The number of aliphatic hydroxyl groups excluding tert-OH is 2. The number of aliphatic hydroxyl groups is 3. The van der Waals surface area contributed by atoms with Crippen molar-refractivity contribution in [2.45, 2.75) is 24.5 Å². The number of hydrogen-bond acceptors (Lipinski definition) is 10. The predicted molar refractivity (Wildman–Crippen MR) is 117 cm³/mol. The first-order valence-corrected chi connectivity index (χ1v) is 10.6. The van der Waals surface area contributed by atoms with Gasteiger partial charge in [0.05, 0.1) is 17.1 Å². The summed E-state index contributed by atoms with van der Waals surface area (Å²) in [4.78, 5) is 48.5. The number of allylic oxidation sites excluding steroid dienone is 1. The van der Waals surface area contributed by atoms with Crippen LogP contribution >= 0.6 is 0 Å². The molecule has 11 nitrogen and oxygen atoms in total. The third kappa shape index (κ3) is 2.62. The molecule has 5 rings (SSSR count). The number of amides is 1. The molecule has 6 N–H and O–H groups in total. The summed E-state index contributed by atoms with van der Waals surface area (Å²) in [6.07, 6.45) is 3.05. The van der Waals surface area contributed by atoms with Gasteiger partial charge in [0.25, 0.3) is 5.91 Å². The van der Waals surface area contributed by atoms with Gasteiger partial charge in [-0.1, -0.05) is 0 Å². The van der Waals surface area contributed by atoms with Gasteiger partial charge >= 0.3 is 0 Å². The Labute approximate surface area is 192 Å². The summed E-state index contributed by atoms with van der Waals surface area (Å²) in [5.74, 6) is -6.88. The third-order valence-electron chi connectivity index (χ3n) is 7.15. The molecule has 0 bridgehead atoms. The first-order valence-electron chi connectivity index (χ1n) is 10.6. The number of nitrogens with two attached hydrogens (primary N) is 1. The SMILES string of the molecule is CN(C)[C@@H]1C(O)=C(C(N)=O)C(=O)[C@@]2(O)C(O)=C3C(=O)c4c(cc5nccnc5c4O)C[C@H]3C[C@@H]12. The van der Waals surface area contributed by atoms with Crippen molar-refractivity contribution in [2.75, 3.05) is 14.1 Å². The Kier molecular flexibility index (Phi) is 4.58. The van der Waals surface area contributed by atoms with Crippen LogP contribution in [-0.4, -0.2) is 78.5 Å². The van der Waals surface area contributed by atoms with Crippen LogP contribution in [0.2, 0.25) is 0 Å². The fraction of sp³-hybridized carbons (Fsp3) is 0.348. The number of carbonyl (C=O) groups is 3. The fourth-order valence-electron chi connectivity index (χ4n) is 5.73. The third-order valence-corrected chi connectivity index (χ3v) is 7.15. The van der Waals surface area contributed by atoms with Gasteiger partial charge in [-0.3, -0.25) is 24.3 Å². The van der Waals surface area contributed by atoms with Crippen molar-refractivity contribution in [2.24, 2.45) is 17.6 Å². The van der Waals surface area contributed by atoms with Crippen molar-refractivity contribution < 1.29 is 34.8 Å². The average molecular weight is 466 g/mol. The van der Waals surface area contributed by atoms with Crippen molar-refractivity contribution in [3.63, 3.8) is 0 Å². The lowest BCUT2D eigenvalue weighted by atomic mass is 9.58. The highest BCUT2D eigenvalue weighted by atomic mass is 16.3. The number of nitrogens with zero attached hydrogens (tertiary/aromatic N) is 3. The molecule has 0 fully saturated rings. The molecule has 34 heavy (non-hydrogen) atoms. The van der Waals surface area contributed by atoms with E-state index in [9.17, 15) is 34.8 Å². The van der Waals surface area contributed by atoms with Crippen molar-refractivity contribution >= 4 is 28.5 Å². The first-order chi connectivity index (χ1) is 16.0. The van der Waals surface area contributed by atoms with Crippen LogP contribution in [0.3, 0.4) is 0 Å². The lowest BCUT2D eigenvalue weighted by Gasteiger charge is -2.50. The number of phenolic OH excluding ortho intramolecular Hbond substituents is 1. The van der Waals surface area contributed by atoms with Crippen molar-refractivity contribution in [1.29, 1.82) is 0 Å². The summed E-state index contributed by atoms with van der Waals surface area (Å²) in [5.41, 5.74) is 2.51. The highest BCUT2D eigenvalue weighted by Gasteiger charge is 2.63. The van der Waals surface area contributed by atoms with E-state index in [0.717, 1.165) is 0 Å². The standard InChI is InChI=1S/C23H22N4O7/c1-27(2)16-10-6-8-5-9-7-11-15(26-4-3-25-11)18(29)12(9)17(28)13(8)20(31)23(10,34)21(32)14(19(16)30)22(24)33/h3-4,7-8,10,16,29-31,34H,5-6H2,1-2H3,(H2,24,33)/t8-,10-,16-,23-/m0/s1. The number of ketones is 2. The molecule has 1 aromatic carbocycles. The Morgan fingerprint density at radius 2 is 1.85 bits per heavy atom. The largest absolute Gasteiger partial charge is 0.510 e. The van der Waals surface area contributed by atoms with E-state index in [1.54, 1.807) is 20.2 Å². The summed E-state index contributed by atoms with van der Waals surface area (Å²) < 4.78 is 0. The second-order valence-electron chi connectivity index (χ2n) is 9.15. The molecule has 0 spiro atoms. The monoisotopic (exact) mass is 466 g/mol. The fourth-order valence-corrected chi connectivity index (χ4v) is 5.73. The van der Waals surface area contributed by atoms with E-state index >= 15 is 0 Å². The van der Waals surface area contributed by atoms with Gasteiger partial charge in [0, 0.05) is 23.9 Å². The van der Waals surface area contributed by atoms with Gasteiger partial charge in [-0.15, -0.1) is 0 Å². The summed E-state index contributed by atoms with van der Waals surface area (Å²) in [6.45, 7) is 0. The molecule has 0 saturated carbocycles. The van der Waals surface area contributed by atoms with Gasteiger partial charge in [0.1, 0.15) is 22.6 Å². The van der Waals surface area contributed by atoms with E-state index in [2.05, 4.69) is 9.97 Å². The average Bonchev–Trinajstić information content (AvgIpc) is 2.76. The van der Waals surface area contributed by atoms with Gasteiger partial charge in [0.15, 0.2) is 17.1 Å². The number of aromatic nitrogens is 2. The van der Waals surface area contributed by atoms with Gasteiger partial charge < -0.3 is 26.2 Å². The predicted octanol–water partition coefficient (Wildman–Crippen LogP) is 0.0638. The lowest BCUT2D eigenvalue weighted by Crippen LogP contribution is -2.63. The molecule has 0 saturated heterocycles. The van der Waals surface area contributed by atoms with Gasteiger partial charge in [-0.25, -0.2) is 4.98 Å². The smallest absolute Gasteiger partial charge is 0.255 e. The van der Waals surface area contributed by atoms with Crippen molar-refractivity contribution in [1.82, 2.24) is 14.9 Å². The quantitative estimate of drug-likeness (QED) is 0.379. The maximum absolute atomic E-state index is 13.5. The number of rotatable bonds is 2. The minimum absolute atomic E-state index is 0.0328. The van der Waals surface area contributed by atoms with Crippen LogP contribution in [0.4, 0.5) is 0 Å². The number of fused-ring (bicyclic) bond motifs is 4. The molecule has 1 amide bonds. The minimum Gasteiger partial charge on any atom is -0.510 e. The maximum atomic E-state index is 13.5. The Bertz CT molecular complexity index is 1380. The highest BCUT2D eigenvalue weighted by molar-refractivity contribution is 6.25. The molecule has 11 heteroatoms. The van der Waals surface area contributed by atoms with E-state index in [4.69, 9.17) is 5.73 Å². The van der Waals surface area contributed by atoms with Crippen LogP contribution in [0, 0.1) is 11.8 Å². The van der Waals surface area contributed by atoms with Crippen LogP contribution in [0.1, 0.15) is 22.3 Å². The molecule has 0 aliphatic heterocycles. The molecule has 0 unspecified atom stereocenters. The van der Waals surface area contributed by atoms with E-state index in [-0.39, 0.29) is 29.5 Å². The Morgan fingerprint density at radius 3 is 2.50 bits per heavy atom. The number of aromatic hydroxyl groups is 1. The number of likely N-dealkylation sites (N-methyl/N-ethyl adjacent to an activating group) is 1. The van der Waals surface area contributed by atoms with E-state index in [0.29, 0.717) is 11.1 Å². The molecular formula is C23H22N4O7. The number of Topliss-reactive ketones (excluding diaryl/α,β-unsaturated/α-hetero) is 2. The molecule has 0 radical (unpaired) electrons. The Balaban J connectivity index is 1.75. The number of phenols is 1. The summed E-state index contributed by atoms with van der Waals surface area (Å²) in [6, 6.07) is 0.614. The highest BCUT2D eigenvalue weighted by Crippen LogP contribution is 2.52. The van der Waals surface area contributed by atoms with Gasteiger partial charge in [-0.2, -0.15) is 0 Å². The zero-order valence-electron chi connectivity index (χ0n) is 18.3. The van der Waals surface area contributed by atoms with E-state index < -0.39 is 63.8 Å². The van der Waals surface area contributed by atoms with Gasteiger partial charge in [-0.05, 0) is 44.5 Å². The van der Waals surface area contributed by atoms with E-state index in [1.807, 2.05) is 0 Å². The zero-order valence-corrected chi connectivity index (χ0v) is 18.3. The van der Waals surface area contributed by atoms with Crippen LogP contribution in [0.25, 0.3) is 11.0 Å². The molecule has 1 heterocycles. The van der Waals surface area contributed by atoms with Crippen molar-refractivity contribution in [3.8, 4) is 5.75 Å². The van der Waals surface area contributed by atoms with Crippen LogP contribution in [0.5, 0.6) is 5.75 Å². The number of benzene rings is 1. The first kappa shape index (κ1) is 22.0. The maximum Gasteiger partial charge on any atom is 0.255 e. The number of primary amides is 1. The molecule has 1 aromatic heterocycles. The van der Waals surface area contributed by atoms with Gasteiger partial charge in [0.2, 0.25) is 5.78 Å². The second kappa shape index (κ2) is 7.08. The lowest BCUT2D eigenvalue weighted by molar-refractivity contribution is -0.148. The minimum atomic E-state index is -2.66. The summed E-state index contributed by atoms with van der Waals surface area (Å²) in [7, 11) is 3.16. The molecule has 4 atom stereocenters. The second-order valence-corrected chi connectivity index (χ2v) is 9.15. The Morgan fingerprint density at radius 1 is 1.18 bits per heavy atom. The van der Waals surface area contributed by atoms with Crippen LogP contribution < -0.4 is 5.73 Å². The van der Waals surface area contributed by atoms with Crippen molar-refractivity contribution in [3.05, 3.63) is 52.3 Å². The normalized spacial score (nSPS) is 28.8. The topological polar surface area (TPSA) is 187 Å². The Hall–Kier alpha value is -3.83. The molecule has 176 valence electrons. The molecule has 3 aliphatic rings. The molecule has 3 aliphatic carbocycles. The zero-order chi connectivity index (χ0) is 24.7. The number of carbonyl (C=O) groups excluding carboxylic acids is 3. The summed E-state index contributed by atoms with van der Waals surface area (Å²) >= 11 is 0. The summed E-state index contributed by atoms with van der Waals surface area (Å²) in [5, 5.41) is 44.3. The van der Waals surface area contributed by atoms with Crippen LogP contribution in [-0.2, 0) is 16.0 Å². The van der Waals surface area contributed by atoms with Crippen LogP contribution in [0.15, 0.2) is 41.1 Å².